The number of nitrogens with zero attached hydrogens (tertiary/aromatic N) is 1. The molecule has 0 amide bonds. The summed E-state index contributed by atoms with van der Waals surface area (Å²) >= 11 is 0. The molecule has 2 heterocycles. The molecule has 2 rings (SSSR count). The maximum atomic E-state index is 4.33. The topological polar surface area (TPSA) is 0 Å². The van der Waals surface area contributed by atoms with Crippen LogP contribution < -0.4 is 0 Å². The van der Waals surface area contributed by atoms with Crippen LogP contribution in [0.4, 0.5) is 0 Å². The first-order valence-corrected chi connectivity index (χ1v) is 9.01. The minimum atomic E-state index is 0.445. The van der Waals surface area contributed by atoms with Gasteiger partial charge in [0.1, 0.15) is 6.54 Å². The van der Waals surface area contributed by atoms with Crippen LogP contribution in [0.15, 0.2) is 12.2 Å². The molecule has 122 valence electrons. The molecule has 2 saturated heterocycles. The first-order chi connectivity index (χ1) is 9.49. The van der Waals surface area contributed by atoms with Crippen molar-refractivity contribution in [1.29, 1.82) is 0 Å². The van der Waals surface area contributed by atoms with E-state index in [1.54, 1.807) is 0 Å². The van der Waals surface area contributed by atoms with E-state index in [1.165, 1.54) is 61.9 Å². The van der Waals surface area contributed by atoms with E-state index in [4.69, 9.17) is 0 Å². The average Bonchev–Trinajstić information content (AvgIpc) is 2.23. The Bertz CT molecular complexity index is 382. The van der Waals surface area contributed by atoms with E-state index in [-0.39, 0.29) is 0 Å². The van der Waals surface area contributed by atoms with Crippen molar-refractivity contribution in [3.8, 4) is 0 Å². The monoisotopic (exact) mass is 292 g/mol. The second kappa shape index (κ2) is 5.72. The third-order valence-corrected chi connectivity index (χ3v) is 5.72. The van der Waals surface area contributed by atoms with Crippen LogP contribution >= 0.6 is 0 Å². The number of rotatable bonds is 1. The number of hydrogen-bond acceptors (Lipinski definition) is 0. The molecular weight excluding hydrogens is 254 g/mol. The van der Waals surface area contributed by atoms with Gasteiger partial charge in [-0.1, -0.05) is 48.1 Å². The minimum Gasteiger partial charge on any atom is -0.320 e. The summed E-state index contributed by atoms with van der Waals surface area (Å²) in [6.45, 7) is 24.4. The van der Waals surface area contributed by atoms with Gasteiger partial charge < -0.3 is 4.48 Å². The first-order valence-electron chi connectivity index (χ1n) is 9.01. The smallest absolute Gasteiger partial charge is 0.100 e. The maximum absolute atomic E-state index is 4.33. The zero-order valence-corrected chi connectivity index (χ0v) is 15.5. The molecule has 0 aromatic carbocycles. The van der Waals surface area contributed by atoms with Gasteiger partial charge in [0, 0.05) is 18.3 Å². The zero-order chi connectivity index (χ0) is 15.9. The molecule has 21 heavy (non-hydrogen) atoms. The summed E-state index contributed by atoms with van der Waals surface area (Å²) in [4.78, 5) is 0. The Labute approximate surface area is 133 Å². The Kier molecular flexibility index (Phi) is 4.65. The maximum Gasteiger partial charge on any atom is 0.100 e. The Morgan fingerprint density at radius 2 is 1.76 bits per heavy atom. The summed E-state index contributed by atoms with van der Waals surface area (Å²) < 4.78 is 1.35. The van der Waals surface area contributed by atoms with Gasteiger partial charge in [-0.15, -0.1) is 0 Å². The van der Waals surface area contributed by atoms with Gasteiger partial charge in [0.15, 0.2) is 0 Å². The van der Waals surface area contributed by atoms with Crippen molar-refractivity contribution in [3.05, 3.63) is 12.2 Å². The molecule has 0 bridgehead atoms. The van der Waals surface area contributed by atoms with Crippen molar-refractivity contribution in [1.82, 2.24) is 0 Å². The molecule has 2 aliphatic heterocycles. The van der Waals surface area contributed by atoms with E-state index in [0.29, 0.717) is 10.8 Å². The van der Waals surface area contributed by atoms with Crippen LogP contribution in [0.3, 0.4) is 0 Å². The first kappa shape index (κ1) is 17.1. The molecule has 2 aliphatic rings. The lowest BCUT2D eigenvalue weighted by atomic mass is 9.69. The third-order valence-electron chi connectivity index (χ3n) is 5.72. The predicted molar refractivity (Wildman–Crippen MR) is 93.2 cm³/mol. The van der Waals surface area contributed by atoms with E-state index < -0.39 is 0 Å². The fourth-order valence-corrected chi connectivity index (χ4v) is 4.89. The van der Waals surface area contributed by atoms with Gasteiger partial charge in [-0.3, -0.25) is 0 Å². The van der Waals surface area contributed by atoms with Gasteiger partial charge >= 0.3 is 0 Å². The molecule has 0 aliphatic carbocycles. The molecule has 1 spiro atoms. The molecule has 0 aromatic rings. The second-order valence-corrected chi connectivity index (χ2v) is 10.4. The Balaban J connectivity index is 2.19. The normalized spacial score (nSPS) is 35.2. The molecular formula is C20H38N+. The van der Waals surface area contributed by atoms with Crippen LogP contribution in [0.5, 0.6) is 0 Å². The van der Waals surface area contributed by atoms with Gasteiger partial charge in [-0.05, 0) is 35.7 Å². The van der Waals surface area contributed by atoms with Crippen LogP contribution in [0.25, 0.3) is 0 Å². The van der Waals surface area contributed by atoms with Crippen LogP contribution in [0.2, 0.25) is 0 Å². The number of hydrogen-bond donors (Lipinski definition) is 0. The summed E-state index contributed by atoms with van der Waals surface area (Å²) in [7, 11) is 0. The molecule has 0 radical (unpaired) electrons. The van der Waals surface area contributed by atoms with Gasteiger partial charge in [-0.2, -0.15) is 0 Å². The third kappa shape index (κ3) is 4.58. The van der Waals surface area contributed by atoms with Crippen molar-refractivity contribution in [2.75, 3.05) is 26.2 Å². The fourth-order valence-electron chi connectivity index (χ4n) is 4.89. The lowest BCUT2D eigenvalue weighted by Crippen LogP contribution is -2.61. The molecule has 1 heteroatoms. The molecule has 1 nitrogen and oxygen atoms in total. The van der Waals surface area contributed by atoms with Crippen LogP contribution in [-0.2, 0) is 0 Å². The highest BCUT2D eigenvalue weighted by molar-refractivity contribution is 4.98. The Hall–Kier alpha value is -0.300. The van der Waals surface area contributed by atoms with Gasteiger partial charge in [-0.25, -0.2) is 0 Å². The lowest BCUT2D eigenvalue weighted by molar-refractivity contribution is -0.939. The van der Waals surface area contributed by atoms with Crippen LogP contribution in [0, 0.1) is 22.7 Å². The predicted octanol–water partition coefficient (Wildman–Crippen LogP) is 5.27. The minimum absolute atomic E-state index is 0.445. The van der Waals surface area contributed by atoms with E-state index in [2.05, 4.69) is 48.1 Å². The Morgan fingerprint density at radius 3 is 2.29 bits per heavy atom. The quantitative estimate of drug-likeness (QED) is 0.456. The van der Waals surface area contributed by atoms with Gasteiger partial charge in [0.05, 0.1) is 19.6 Å². The van der Waals surface area contributed by atoms with Crippen LogP contribution in [0.1, 0.15) is 67.2 Å². The van der Waals surface area contributed by atoms with E-state index >= 15 is 0 Å². The summed E-state index contributed by atoms with van der Waals surface area (Å²) in [6.07, 6.45) is 5.45. The highest BCUT2D eigenvalue weighted by Gasteiger charge is 2.45. The molecule has 0 N–H and O–H groups in total. The zero-order valence-electron chi connectivity index (χ0n) is 15.5. The Morgan fingerprint density at radius 1 is 1.10 bits per heavy atom. The highest BCUT2D eigenvalue weighted by Crippen LogP contribution is 2.43. The summed E-state index contributed by atoms with van der Waals surface area (Å²) in [5.41, 5.74) is 2.41. The number of quaternary nitrogens is 1. The fraction of sp³-hybridized carbons (Fsp3) is 0.900. The van der Waals surface area contributed by atoms with Crippen molar-refractivity contribution < 1.29 is 4.48 Å². The van der Waals surface area contributed by atoms with Gasteiger partial charge in [0.2, 0.25) is 0 Å². The van der Waals surface area contributed by atoms with Crippen molar-refractivity contribution in [2.24, 2.45) is 22.7 Å². The van der Waals surface area contributed by atoms with Crippen molar-refractivity contribution in [3.63, 3.8) is 0 Å². The molecule has 0 saturated carbocycles. The average molecular weight is 293 g/mol. The van der Waals surface area contributed by atoms with E-state index in [9.17, 15) is 0 Å². The summed E-state index contributed by atoms with van der Waals surface area (Å²) in [5.74, 6) is 1.76. The van der Waals surface area contributed by atoms with Crippen molar-refractivity contribution >= 4 is 0 Å². The largest absolute Gasteiger partial charge is 0.320 e. The van der Waals surface area contributed by atoms with Gasteiger partial charge in [0.25, 0.3) is 0 Å². The molecule has 3 unspecified atom stereocenters. The summed E-state index contributed by atoms with van der Waals surface area (Å²) in [5, 5.41) is 0. The lowest BCUT2D eigenvalue weighted by Gasteiger charge is -2.53. The van der Waals surface area contributed by atoms with Crippen LogP contribution in [-0.4, -0.2) is 30.7 Å². The summed E-state index contributed by atoms with van der Waals surface area (Å²) in [6, 6.07) is 0. The second-order valence-electron chi connectivity index (χ2n) is 10.4. The van der Waals surface area contributed by atoms with Crippen molar-refractivity contribution in [2.45, 2.75) is 67.2 Å². The van der Waals surface area contributed by atoms with E-state index in [1.807, 2.05) is 0 Å². The molecule has 2 fully saturated rings. The molecule has 0 aromatic heterocycles. The highest BCUT2D eigenvalue weighted by atomic mass is 15.4. The SMILES string of the molecule is C=C1CCC[N+]2(C1)CC(CC(C)(C)C)CC(C(C)(C)C)C2. The van der Waals surface area contributed by atoms with E-state index in [0.717, 1.165) is 11.8 Å². The molecule has 3 atom stereocenters. The standard InChI is InChI=1S/C20H38N/c1-16-9-8-10-21(13-16)14-17(12-19(2,3)4)11-18(15-21)20(5,6)7/h17-18H,1,8-15H2,2-7H3/q+1. The number of piperidine rings is 2.